The van der Waals surface area contributed by atoms with Gasteiger partial charge in [-0.15, -0.1) is 0 Å². The molecule has 152 valence electrons. The second-order valence-corrected chi connectivity index (χ2v) is 6.85. The second-order valence-electron chi connectivity index (χ2n) is 6.85. The molecule has 0 aliphatic rings. The fourth-order valence-corrected chi connectivity index (χ4v) is 3.04. The summed E-state index contributed by atoms with van der Waals surface area (Å²) >= 11 is 0. The number of carbonyl (C=O) groups excluding carboxylic acids is 1. The number of aryl methyl sites for hydroxylation is 1. The Balaban J connectivity index is 1.99. The molecule has 0 unspecified atom stereocenters. The highest BCUT2D eigenvalue weighted by Gasteiger charge is 2.15. The number of ether oxygens (including phenoxy) is 1. The number of methoxy groups -OCH3 is 1. The van der Waals surface area contributed by atoms with Gasteiger partial charge in [0.25, 0.3) is 5.91 Å². The van der Waals surface area contributed by atoms with Crippen LogP contribution in [-0.4, -0.2) is 35.9 Å². The summed E-state index contributed by atoms with van der Waals surface area (Å²) in [6, 6.07) is 19.7. The Morgan fingerprint density at radius 3 is 2.73 bits per heavy atom. The van der Waals surface area contributed by atoms with Crippen molar-refractivity contribution in [2.75, 3.05) is 20.3 Å². The highest BCUT2D eigenvalue weighted by atomic mass is 16.5. The van der Waals surface area contributed by atoms with Crippen LogP contribution >= 0.6 is 0 Å². The maximum Gasteiger partial charge on any atom is 0.261 e. The van der Waals surface area contributed by atoms with Crippen LogP contribution in [0.5, 0.6) is 0 Å². The molecule has 0 atom stereocenters. The molecule has 6 nitrogen and oxygen atoms in total. The van der Waals surface area contributed by atoms with Crippen LogP contribution in [0.2, 0.25) is 0 Å². The van der Waals surface area contributed by atoms with Crippen molar-refractivity contribution in [3.8, 4) is 23.0 Å². The SMILES string of the molecule is COCCCNC(=O)/C(C#N)=C/c1cn(-c2ccccc2)nc1-c1cccc(C)c1. The molecule has 1 N–H and O–H groups in total. The van der Waals surface area contributed by atoms with Gasteiger partial charge in [-0.25, -0.2) is 4.68 Å². The van der Waals surface area contributed by atoms with Gasteiger partial charge in [-0.05, 0) is 37.6 Å². The lowest BCUT2D eigenvalue weighted by atomic mass is 10.0. The number of nitrogens with one attached hydrogen (secondary N) is 1. The van der Waals surface area contributed by atoms with E-state index >= 15 is 0 Å². The van der Waals surface area contributed by atoms with E-state index in [4.69, 9.17) is 9.84 Å². The molecule has 0 radical (unpaired) electrons. The molecular weight excluding hydrogens is 376 g/mol. The summed E-state index contributed by atoms with van der Waals surface area (Å²) in [5.41, 5.74) is 4.37. The summed E-state index contributed by atoms with van der Waals surface area (Å²) in [4.78, 5) is 12.5. The minimum atomic E-state index is -0.406. The van der Waals surface area contributed by atoms with Gasteiger partial charge in [-0.3, -0.25) is 4.79 Å². The number of hydrogen-bond acceptors (Lipinski definition) is 4. The number of rotatable bonds is 8. The Morgan fingerprint density at radius 1 is 1.23 bits per heavy atom. The number of aromatic nitrogens is 2. The van der Waals surface area contributed by atoms with Gasteiger partial charge >= 0.3 is 0 Å². The van der Waals surface area contributed by atoms with E-state index in [9.17, 15) is 10.1 Å². The van der Waals surface area contributed by atoms with E-state index in [1.54, 1.807) is 17.9 Å². The predicted molar refractivity (Wildman–Crippen MR) is 117 cm³/mol. The molecule has 30 heavy (non-hydrogen) atoms. The molecule has 1 heterocycles. The molecule has 3 rings (SSSR count). The van der Waals surface area contributed by atoms with Crippen LogP contribution in [0.25, 0.3) is 23.0 Å². The first-order valence-corrected chi connectivity index (χ1v) is 9.73. The van der Waals surface area contributed by atoms with Gasteiger partial charge in [0.2, 0.25) is 0 Å². The standard InChI is InChI=1S/C24H24N4O2/c1-18-8-6-9-19(14-18)23-21(17-28(27-23)22-10-4-3-5-11-22)15-20(16-25)24(29)26-12-7-13-30-2/h3-6,8-11,14-15,17H,7,12-13H2,1-2H3,(H,26,29)/b20-15+. The fourth-order valence-electron chi connectivity index (χ4n) is 3.04. The monoisotopic (exact) mass is 400 g/mol. The number of carbonyl (C=O) groups is 1. The molecule has 0 bridgehead atoms. The Morgan fingerprint density at radius 2 is 2.03 bits per heavy atom. The molecule has 3 aromatic rings. The van der Waals surface area contributed by atoms with Gasteiger partial charge in [-0.1, -0.05) is 42.0 Å². The van der Waals surface area contributed by atoms with Crippen LogP contribution in [0.15, 0.2) is 66.4 Å². The minimum absolute atomic E-state index is 0.0360. The summed E-state index contributed by atoms with van der Waals surface area (Å²) in [6.07, 6.45) is 4.11. The Bertz CT molecular complexity index is 1080. The third-order valence-electron chi connectivity index (χ3n) is 4.53. The predicted octanol–water partition coefficient (Wildman–Crippen LogP) is 3.91. The normalized spacial score (nSPS) is 11.2. The zero-order valence-corrected chi connectivity index (χ0v) is 17.1. The van der Waals surface area contributed by atoms with Crippen molar-refractivity contribution in [3.05, 3.63) is 77.5 Å². The lowest BCUT2D eigenvalue weighted by Gasteiger charge is -2.04. The number of benzene rings is 2. The highest BCUT2D eigenvalue weighted by molar-refractivity contribution is 6.02. The summed E-state index contributed by atoms with van der Waals surface area (Å²) in [6.45, 7) is 3.01. The van der Waals surface area contributed by atoms with Crippen LogP contribution < -0.4 is 5.32 Å². The zero-order chi connectivity index (χ0) is 21.3. The van der Waals surface area contributed by atoms with Crippen molar-refractivity contribution in [1.29, 1.82) is 5.26 Å². The number of amides is 1. The van der Waals surface area contributed by atoms with Crippen molar-refractivity contribution in [3.63, 3.8) is 0 Å². The first-order valence-electron chi connectivity index (χ1n) is 9.73. The topological polar surface area (TPSA) is 79.9 Å². The smallest absolute Gasteiger partial charge is 0.261 e. The molecule has 0 saturated carbocycles. The van der Waals surface area contributed by atoms with Gasteiger partial charge in [0.15, 0.2) is 0 Å². The molecule has 2 aromatic carbocycles. The van der Waals surface area contributed by atoms with Crippen molar-refractivity contribution in [2.45, 2.75) is 13.3 Å². The van der Waals surface area contributed by atoms with Gasteiger partial charge in [0.05, 0.1) is 5.69 Å². The van der Waals surface area contributed by atoms with Gasteiger partial charge in [0.1, 0.15) is 17.3 Å². The third kappa shape index (κ3) is 5.22. The summed E-state index contributed by atoms with van der Waals surface area (Å²) in [5, 5.41) is 17.1. The van der Waals surface area contributed by atoms with Gasteiger partial charge in [-0.2, -0.15) is 10.4 Å². The number of nitriles is 1. The number of nitrogens with zero attached hydrogens (tertiary/aromatic N) is 3. The van der Waals surface area contributed by atoms with Crippen LogP contribution in [0.3, 0.4) is 0 Å². The molecule has 0 spiro atoms. The van der Waals surface area contributed by atoms with E-state index < -0.39 is 5.91 Å². The van der Waals surface area contributed by atoms with Gasteiger partial charge < -0.3 is 10.1 Å². The van der Waals surface area contributed by atoms with Crippen molar-refractivity contribution >= 4 is 12.0 Å². The number of para-hydroxylation sites is 1. The lowest BCUT2D eigenvalue weighted by Crippen LogP contribution is -2.26. The molecule has 0 fully saturated rings. The van der Waals surface area contributed by atoms with Crippen molar-refractivity contribution < 1.29 is 9.53 Å². The van der Waals surface area contributed by atoms with Crippen LogP contribution in [0.1, 0.15) is 17.5 Å². The van der Waals surface area contributed by atoms with Gasteiger partial charge in [0, 0.05) is 37.6 Å². The summed E-state index contributed by atoms with van der Waals surface area (Å²) < 4.78 is 6.74. The highest BCUT2D eigenvalue weighted by Crippen LogP contribution is 2.26. The molecule has 0 aliphatic heterocycles. The summed E-state index contributed by atoms with van der Waals surface area (Å²) in [5.74, 6) is -0.406. The molecule has 1 aromatic heterocycles. The third-order valence-corrected chi connectivity index (χ3v) is 4.53. The van der Waals surface area contributed by atoms with Crippen molar-refractivity contribution in [2.24, 2.45) is 0 Å². The maximum atomic E-state index is 12.5. The Kier molecular flexibility index (Phi) is 7.14. The Hall–Kier alpha value is -3.69. The fraction of sp³-hybridized carbons (Fsp3) is 0.208. The molecular formula is C24H24N4O2. The largest absolute Gasteiger partial charge is 0.385 e. The van der Waals surface area contributed by atoms with Crippen LogP contribution in [0, 0.1) is 18.3 Å². The number of hydrogen-bond donors (Lipinski definition) is 1. The average Bonchev–Trinajstić information content (AvgIpc) is 3.19. The average molecular weight is 400 g/mol. The quantitative estimate of drug-likeness (QED) is 0.353. The van der Waals surface area contributed by atoms with E-state index in [0.717, 1.165) is 16.8 Å². The lowest BCUT2D eigenvalue weighted by molar-refractivity contribution is -0.117. The minimum Gasteiger partial charge on any atom is -0.385 e. The zero-order valence-electron chi connectivity index (χ0n) is 17.1. The van der Waals surface area contributed by atoms with E-state index in [2.05, 4.69) is 5.32 Å². The van der Waals surface area contributed by atoms with E-state index in [1.165, 1.54) is 0 Å². The van der Waals surface area contributed by atoms with E-state index in [0.29, 0.717) is 30.8 Å². The second kappa shape index (κ2) is 10.2. The molecule has 6 heteroatoms. The van der Waals surface area contributed by atoms with Crippen molar-refractivity contribution in [1.82, 2.24) is 15.1 Å². The van der Waals surface area contributed by atoms with Crippen LogP contribution in [-0.2, 0) is 9.53 Å². The Labute approximate surface area is 176 Å². The maximum absolute atomic E-state index is 12.5. The molecule has 0 saturated heterocycles. The first-order chi connectivity index (χ1) is 14.6. The first kappa shape index (κ1) is 21.0. The molecule has 1 amide bonds. The summed E-state index contributed by atoms with van der Waals surface area (Å²) in [7, 11) is 1.61. The van der Waals surface area contributed by atoms with Crippen LogP contribution in [0.4, 0.5) is 0 Å². The molecule has 0 aliphatic carbocycles. The van der Waals surface area contributed by atoms with E-state index in [-0.39, 0.29) is 5.57 Å². The van der Waals surface area contributed by atoms with E-state index in [1.807, 2.05) is 73.8 Å².